The molecule has 0 aliphatic carbocycles. The number of hydrogen-bond donors (Lipinski definition) is 0. The van der Waals surface area contributed by atoms with Crippen LogP contribution < -0.4 is 9.64 Å². The van der Waals surface area contributed by atoms with Crippen molar-refractivity contribution >= 4 is 16.5 Å². The van der Waals surface area contributed by atoms with Crippen molar-refractivity contribution in [3.63, 3.8) is 0 Å². The van der Waals surface area contributed by atoms with E-state index in [2.05, 4.69) is 9.97 Å². The molecule has 0 radical (unpaired) electrons. The van der Waals surface area contributed by atoms with E-state index in [0.29, 0.717) is 24.0 Å². The first-order valence-electron chi connectivity index (χ1n) is 6.87. The number of thiazole rings is 1. The molecule has 3 rings (SSSR count). The van der Waals surface area contributed by atoms with Gasteiger partial charge in [0.2, 0.25) is 0 Å². The third kappa shape index (κ3) is 3.49. The van der Waals surface area contributed by atoms with Crippen LogP contribution in [0, 0.1) is 0 Å². The number of rotatable bonds is 3. The number of ether oxygens (including phenoxy) is 1. The van der Waals surface area contributed by atoms with Gasteiger partial charge in [-0.05, 0) is 25.0 Å². The zero-order valence-corrected chi connectivity index (χ0v) is 12.4. The molecule has 0 bridgehead atoms. The van der Waals surface area contributed by atoms with E-state index >= 15 is 0 Å². The number of anilines is 1. The average Bonchev–Trinajstić information content (AvgIpc) is 2.99. The quantitative estimate of drug-likeness (QED) is 0.862. The number of hydrogen-bond acceptors (Lipinski definition) is 5. The van der Waals surface area contributed by atoms with E-state index < -0.39 is 11.9 Å². The van der Waals surface area contributed by atoms with E-state index in [0.717, 1.165) is 29.6 Å². The second-order valence-electron chi connectivity index (χ2n) is 5.03. The molecule has 3 heterocycles. The Morgan fingerprint density at radius 3 is 2.91 bits per heavy atom. The second kappa shape index (κ2) is 6.12. The fourth-order valence-electron chi connectivity index (χ4n) is 2.36. The van der Waals surface area contributed by atoms with Gasteiger partial charge in [0, 0.05) is 18.1 Å². The standard InChI is InChI=1S/C14H14F3N3OS/c15-14(16,17)12-9-22-13(19-12)20-6-2-4-11(8-20)21-10-3-1-5-18-7-10/h1,3,5,7,9,11H,2,4,6,8H2. The zero-order chi connectivity index (χ0) is 15.6. The van der Waals surface area contributed by atoms with Gasteiger partial charge in [0.15, 0.2) is 10.8 Å². The van der Waals surface area contributed by atoms with Crippen LogP contribution in [0.2, 0.25) is 0 Å². The van der Waals surface area contributed by atoms with E-state index in [1.807, 2.05) is 11.0 Å². The molecule has 4 nitrogen and oxygen atoms in total. The zero-order valence-electron chi connectivity index (χ0n) is 11.6. The number of piperidine rings is 1. The Hall–Kier alpha value is -1.83. The molecular weight excluding hydrogens is 315 g/mol. The van der Waals surface area contributed by atoms with Gasteiger partial charge in [-0.1, -0.05) is 0 Å². The number of alkyl halides is 3. The Morgan fingerprint density at radius 1 is 1.36 bits per heavy atom. The smallest absolute Gasteiger partial charge is 0.434 e. The molecule has 1 atom stereocenters. The molecule has 2 aromatic rings. The van der Waals surface area contributed by atoms with Gasteiger partial charge in [0.1, 0.15) is 11.9 Å². The first-order valence-corrected chi connectivity index (χ1v) is 7.75. The Bertz CT molecular complexity index is 617. The summed E-state index contributed by atoms with van der Waals surface area (Å²) in [4.78, 5) is 9.53. The van der Waals surface area contributed by atoms with Gasteiger partial charge in [-0.2, -0.15) is 13.2 Å². The Kier molecular flexibility index (Phi) is 4.19. The number of pyridine rings is 1. The minimum absolute atomic E-state index is 0.0730. The lowest BCUT2D eigenvalue weighted by atomic mass is 10.1. The van der Waals surface area contributed by atoms with E-state index in [9.17, 15) is 13.2 Å². The number of aromatic nitrogens is 2. The molecule has 1 unspecified atom stereocenters. The molecule has 1 saturated heterocycles. The van der Waals surface area contributed by atoms with Gasteiger partial charge in [0.05, 0.1) is 12.7 Å². The van der Waals surface area contributed by atoms with Crippen LogP contribution in [0.4, 0.5) is 18.3 Å². The minimum Gasteiger partial charge on any atom is -0.487 e. The molecular formula is C14H14F3N3OS. The molecule has 8 heteroatoms. The molecule has 118 valence electrons. The molecule has 1 fully saturated rings. The van der Waals surface area contributed by atoms with Crippen LogP contribution in [0.15, 0.2) is 29.9 Å². The predicted molar refractivity (Wildman–Crippen MR) is 77.2 cm³/mol. The maximum atomic E-state index is 12.6. The molecule has 22 heavy (non-hydrogen) atoms. The Balaban J connectivity index is 1.67. The molecule has 1 aliphatic rings. The molecule has 0 aromatic carbocycles. The number of nitrogens with zero attached hydrogens (tertiary/aromatic N) is 3. The molecule has 1 aliphatic heterocycles. The topological polar surface area (TPSA) is 38.2 Å². The number of halogens is 3. The van der Waals surface area contributed by atoms with Crippen LogP contribution >= 0.6 is 11.3 Å². The Labute approximate surface area is 129 Å². The predicted octanol–water partition coefficient (Wildman–Crippen LogP) is 3.60. The van der Waals surface area contributed by atoms with E-state index in [-0.39, 0.29) is 6.10 Å². The SMILES string of the molecule is FC(F)(F)c1csc(N2CCCC(Oc3cccnc3)C2)n1. The fourth-order valence-corrected chi connectivity index (χ4v) is 3.23. The van der Waals surface area contributed by atoms with Gasteiger partial charge in [0.25, 0.3) is 0 Å². The second-order valence-corrected chi connectivity index (χ2v) is 5.87. The molecule has 0 N–H and O–H groups in total. The maximum absolute atomic E-state index is 12.6. The average molecular weight is 329 g/mol. The van der Waals surface area contributed by atoms with Crippen molar-refractivity contribution in [2.75, 3.05) is 18.0 Å². The summed E-state index contributed by atoms with van der Waals surface area (Å²) >= 11 is 1.02. The van der Waals surface area contributed by atoms with Gasteiger partial charge in [-0.3, -0.25) is 4.98 Å². The van der Waals surface area contributed by atoms with Crippen molar-refractivity contribution in [3.05, 3.63) is 35.6 Å². The molecule has 0 saturated carbocycles. The highest BCUT2D eigenvalue weighted by Gasteiger charge is 2.35. The van der Waals surface area contributed by atoms with Crippen LogP contribution in [0.5, 0.6) is 5.75 Å². The molecule has 0 spiro atoms. The summed E-state index contributed by atoms with van der Waals surface area (Å²) in [6, 6.07) is 3.60. The summed E-state index contributed by atoms with van der Waals surface area (Å²) in [5.41, 5.74) is -0.831. The maximum Gasteiger partial charge on any atom is 0.434 e. The summed E-state index contributed by atoms with van der Waals surface area (Å²) in [5.74, 6) is 0.671. The highest BCUT2D eigenvalue weighted by atomic mass is 32.1. The Morgan fingerprint density at radius 2 is 2.23 bits per heavy atom. The van der Waals surface area contributed by atoms with Crippen molar-refractivity contribution in [2.24, 2.45) is 0 Å². The van der Waals surface area contributed by atoms with Gasteiger partial charge >= 0.3 is 6.18 Å². The van der Waals surface area contributed by atoms with Crippen LogP contribution in [-0.2, 0) is 6.18 Å². The van der Waals surface area contributed by atoms with Crippen LogP contribution in [-0.4, -0.2) is 29.2 Å². The lowest BCUT2D eigenvalue weighted by Crippen LogP contribution is -2.41. The first kappa shape index (κ1) is 15.1. The van der Waals surface area contributed by atoms with Gasteiger partial charge in [-0.15, -0.1) is 11.3 Å². The summed E-state index contributed by atoms with van der Waals surface area (Å²) < 4.78 is 43.7. The summed E-state index contributed by atoms with van der Waals surface area (Å²) in [7, 11) is 0. The summed E-state index contributed by atoms with van der Waals surface area (Å²) in [6.45, 7) is 1.22. The fraction of sp³-hybridized carbons (Fsp3) is 0.429. The van der Waals surface area contributed by atoms with E-state index in [4.69, 9.17) is 4.74 Å². The van der Waals surface area contributed by atoms with Crippen molar-refractivity contribution in [1.82, 2.24) is 9.97 Å². The molecule has 2 aromatic heterocycles. The van der Waals surface area contributed by atoms with Crippen molar-refractivity contribution in [2.45, 2.75) is 25.1 Å². The summed E-state index contributed by atoms with van der Waals surface area (Å²) in [5, 5.41) is 1.45. The van der Waals surface area contributed by atoms with E-state index in [1.54, 1.807) is 18.5 Å². The van der Waals surface area contributed by atoms with Gasteiger partial charge in [-0.25, -0.2) is 4.98 Å². The monoisotopic (exact) mass is 329 g/mol. The van der Waals surface area contributed by atoms with E-state index in [1.165, 1.54) is 0 Å². The first-order chi connectivity index (χ1) is 10.5. The third-order valence-corrected chi connectivity index (χ3v) is 4.27. The van der Waals surface area contributed by atoms with Crippen LogP contribution in [0.1, 0.15) is 18.5 Å². The lowest BCUT2D eigenvalue weighted by molar-refractivity contribution is -0.140. The lowest BCUT2D eigenvalue weighted by Gasteiger charge is -2.32. The highest BCUT2D eigenvalue weighted by molar-refractivity contribution is 7.13. The minimum atomic E-state index is -4.39. The van der Waals surface area contributed by atoms with Crippen molar-refractivity contribution < 1.29 is 17.9 Å². The van der Waals surface area contributed by atoms with Crippen LogP contribution in [0.3, 0.4) is 0 Å². The largest absolute Gasteiger partial charge is 0.487 e. The normalized spacial score (nSPS) is 19.2. The van der Waals surface area contributed by atoms with Crippen LogP contribution in [0.25, 0.3) is 0 Å². The summed E-state index contributed by atoms with van der Waals surface area (Å²) in [6.07, 6.45) is 0.541. The van der Waals surface area contributed by atoms with Crippen molar-refractivity contribution in [1.29, 1.82) is 0 Å². The molecule has 0 amide bonds. The van der Waals surface area contributed by atoms with Gasteiger partial charge < -0.3 is 9.64 Å². The third-order valence-electron chi connectivity index (χ3n) is 3.37. The van der Waals surface area contributed by atoms with Crippen molar-refractivity contribution in [3.8, 4) is 5.75 Å². The highest BCUT2D eigenvalue weighted by Crippen LogP contribution is 2.34.